The van der Waals surface area contributed by atoms with Crippen LogP contribution < -0.4 is 0 Å². The number of hydrogen-bond acceptors (Lipinski definition) is 6. The van der Waals surface area contributed by atoms with Crippen molar-refractivity contribution in [1.29, 1.82) is 0 Å². The first kappa shape index (κ1) is 17.9. The van der Waals surface area contributed by atoms with E-state index in [0.29, 0.717) is 0 Å². The predicted octanol–water partition coefficient (Wildman–Crippen LogP) is 1.28. The van der Waals surface area contributed by atoms with Gasteiger partial charge in [0, 0.05) is 0 Å². The van der Waals surface area contributed by atoms with E-state index < -0.39 is 35.6 Å². The highest BCUT2D eigenvalue weighted by Crippen LogP contribution is 2.20. The molecule has 1 saturated heterocycles. The summed E-state index contributed by atoms with van der Waals surface area (Å²) < 4.78 is 10.3. The average Bonchev–Trinajstić information content (AvgIpc) is 2.80. The standard InChI is InChI=1S/C17H21NO6/c1-17(2,3)24-16(22)18-9-12(19)14(20)13(18)15(21)23-10-11-7-5-4-6-8-11/h4-8,12-13,19H,9-10H2,1-3H3/t12?,13-/m0/s1. The van der Waals surface area contributed by atoms with Gasteiger partial charge in [0.1, 0.15) is 18.3 Å². The number of hydrogen-bond donors (Lipinski definition) is 1. The molecular formula is C17H21NO6. The minimum Gasteiger partial charge on any atom is -0.459 e. The van der Waals surface area contributed by atoms with Crippen molar-refractivity contribution in [2.75, 3.05) is 6.54 Å². The van der Waals surface area contributed by atoms with Gasteiger partial charge in [-0.1, -0.05) is 30.3 Å². The molecule has 2 atom stereocenters. The van der Waals surface area contributed by atoms with E-state index in [2.05, 4.69) is 0 Å². The lowest BCUT2D eigenvalue weighted by molar-refractivity contribution is -0.153. The van der Waals surface area contributed by atoms with Crippen LogP contribution >= 0.6 is 0 Å². The summed E-state index contributed by atoms with van der Waals surface area (Å²) in [5.74, 6) is -1.65. The molecule has 0 spiro atoms. The van der Waals surface area contributed by atoms with Gasteiger partial charge >= 0.3 is 12.1 Å². The molecule has 130 valence electrons. The third-order valence-corrected chi connectivity index (χ3v) is 3.35. The lowest BCUT2D eigenvalue weighted by atomic mass is 10.1. The first-order chi connectivity index (χ1) is 11.2. The van der Waals surface area contributed by atoms with Crippen molar-refractivity contribution in [3.63, 3.8) is 0 Å². The van der Waals surface area contributed by atoms with E-state index in [1.807, 2.05) is 6.07 Å². The normalized spacial score (nSPS) is 20.8. The fraction of sp³-hybridized carbons (Fsp3) is 0.471. The molecule has 0 aliphatic carbocycles. The van der Waals surface area contributed by atoms with E-state index in [1.54, 1.807) is 45.0 Å². The molecule has 7 nitrogen and oxygen atoms in total. The smallest absolute Gasteiger partial charge is 0.411 e. The topological polar surface area (TPSA) is 93.1 Å². The van der Waals surface area contributed by atoms with Gasteiger partial charge in [-0.3, -0.25) is 9.69 Å². The van der Waals surface area contributed by atoms with Gasteiger partial charge in [-0.25, -0.2) is 9.59 Å². The first-order valence-corrected chi connectivity index (χ1v) is 7.61. The molecule has 1 fully saturated rings. The van der Waals surface area contributed by atoms with Crippen LogP contribution in [0.3, 0.4) is 0 Å². The van der Waals surface area contributed by atoms with Crippen molar-refractivity contribution < 1.29 is 29.0 Å². The van der Waals surface area contributed by atoms with Crippen molar-refractivity contribution in [2.45, 2.75) is 45.1 Å². The third kappa shape index (κ3) is 4.32. The van der Waals surface area contributed by atoms with Crippen molar-refractivity contribution >= 4 is 17.8 Å². The highest BCUT2D eigenvalue weighted by atomic mass is 16.6. The first-order valence-electron chi connectivity index (χ1n) is 7.61. The number of Topliss-reactive ketones (excluding diaryl/α,β-unsaturated/α-hetero) is 1. The maximum atomic E-state index is 12.3. The van der Waals surface area contributed by atoms with Crippen LogP contribution in [0.5, 0.6) is 0 Å². The minimum atomic E-state index is -1.49. The van der Waals surface area contributed by atoms with Crippen LogP contribution in [0.15, 0.2) is 30.3 Å². The van der Waals surface area contributed by atoms with Gasteiger partial charge in [-0.05, 0) is 26.3 Å². The highest BCUT2D eigenvalue weighted by Gasteiger charge is 2.48. The molecule has 1 heterocycles. The van der Waals surface area contributed by atoms with Gasteiger partial charge in [-0.2, -0.15) is 0 Å². The Bertz CT molecular complexity index is 622. The third-order valence-electron chi connectivity index (χ3n) is 3.35. The molecule has 7 heteroatoms. The molecule has 1 unspecified atom stereocenters. The number of benzene rings is 1. The summed E-state index contributed by atoms with van der Waals surface area (Å²) >= 11 is 0. The lowest BCUT2D eigenvalue weighted by Crippen LogP contribution is -2.46. The van der Waals surface area contributed by atoms with Crippen LogP contribution in [0.2, 0.25) is 0 Å². The quantitative estimate of drug-likeness (QED) is 0.661. The summed E-state index contributed by atoms with van der Waals surface area (Å²) in [7, 11) is 0. The van der Waals surface area contributed by atoms with Gasteiger partial charge in [0.2, 0.25) is 0 Å². The molecule has 0 aromatic heterocycles. The van der Waals surface area contributed by atoms with Crippen LogP contribution in [0.25, 0.3) is 0 Å². The predicted molar refractivity (Wildman–Crippen MR) is 84.0 cm³/mol. The number of carbonyl (C=O) groups is 3. The summed E-state index contributed by atoms with van der Waals surface area (Å²) in [6, 6.07) is 7.46. The van der Waals surface area contributed by atoms with E-state index in [9.17, 15) is 19.5 Å². The van der Waals surface area contributed by atoms with Crippen LogP contribution in [0, 0.1) is 0 Å². The van der Waals surface area contributed by atoms with E-state index in [-0.39, 0.29) is 13.2 Å². The largest absolute Gasteiger partial charge is 0.459 e. The maximum absolute atomic E-state index is 12.3. The van der Waals surface area contributed by atoms with E-state index >= 15 is 0 Å². The summed E-state index contributed by atoms with van der Waals surface area (Å²) in [5.41, 5.74) is -0.0349. The average molecular weight is 335 g/mol. The summed E-state index contributed by atoms with van der Waals surface area (Å²) in [5, 5.41) is 9.71. The summed E-state index contributed by atoms with van der Waals surface area (Å²) in [4.78, 5) is 37.4. The molecule has 0 saturated carbocycles. The molecular weight excluding hydrogens is 314 g/mol. The second-order valence-electron chi connectivity index (χ2n) is 6.55. The fourth-order valence-corrected chi connectivity index (χ4v) is 2.27. The van der Waals surface area contributed by atoms with E-state index in [4.69, 9.17) is 9.47 Å². The molecule has 24 heavy (non-hydrogen) atoms. The van der Waals surface area contributed by atoms with Crippen LogP contribution in [-0.4, -0.2) is 52.1 Å². The Kier molecular flexibility index (Phi) is 5.23. The molecule has 0 bridgehead atoms. The number of ketones is 1. The molecule has 1 aliphatic rings. The second kappa shape index (κ2) is 7.00. The Balaban J connectivity index is 2.07. The second-order valence-corrected chi connectivity index (χ2v) is 6.55. The van der Waals surface area contributed by atoms with Gasteiger partial charge in [0.15, 0.2) is 11.8 Å². The van der Waals surface area contributed by atoms with Crippen LogP contribution in [0.4, 0.5) is 4.79 Å². The number of β-amino-alcohol motifs (C(OH)–C–C–N with tert-alkyl or cyclic N) is 1. The maximum Gasteiger partial charge on any atom is 0.411 e. The van der Waals surface area contributed by atoms with Gasteiger partial charge in [-0.15, -0.1) is 0 Å². The molecule has 0 radical (unpaired) electrons. The number of rotatable bonds is 3. The number of likely N-dealkylation sites (tertiary alicyclic amines) is 1. The zero-order valence-electron chi connectivity index (χ0n) is 13.9. The number of esters is 1. The van der Waals surface area contributed by atoms with Crippen molar-refractivity contribution in [1.82, 2.24) is 4.90 Å². The molecule has 1 N–H and O–H groups in total. The van der Waals surface area contributed by atoms with Crippen LogP contribution in [0.1, 0.15) is 26.3 Å². The van der Waals surface area contributed by atoms with Crippen molar-refractivity contribution in [3.8, 4) is 0 Å². The Morgan fingerprint density at radius 2 is 1.88 bits per heavy atom. The Morgan fingerprint density at radius 3 is 2.46 bits per heavy atom. The minimum absolute atomic E-state index is 0.0261. The SMILES string of the molecule is CC(C)(C)OC(=O)N1CC(O)C(=O)[C@H]1C(=O)OCc1ccccc1. The number of carbonyl (C=O) groups excluding carboxylic acids is 3. The van der Waals surface area contributed by atoms with E-state index in [1.165, 1.54) is 0 Å². The Hall–Kier alpha value is -2.41. The number of nitrogens with zero attached hydrogens (tertiary/aromatic N) is 1. The number of ether oxygens (including phenoxy) is 2. The summed E-state index contributed by atoms with van der Waals surface area (Å²) in [6.45, 7) is 4.69. The van der Waals surface area contributed by atoms with Gasteiger partial charge in [0.25, 0.3) is 0 Å². The molecule has 2 rings (SSSR count). The molecule has 1 aliphatic heterocycles. The lowest BCUT2D eigenvalue weighted by Gasteiger charge is -2.26. The molecule has 1 amide bonds. The van der Waals surface area contributed by atoms with Crippen LogP contribution in [-0.2, 0) is 25.7 Å². The monoisotopic (exact) mass is 335 g/mol. The Labute approximate surface area is 140 Å². The van der Waals surface area contributed by atoms with Gasteiger partial charge in [0.05, 0.1) is 6.54 Å². The summed E-state index contributed by atoms with van der Waals surface area (Å²) in [6.07, 6.45) is -2.26. The number of amides is 1. The Morgan fingerprint density at radius 1 is 1.25 bits per heavy atom. The highest BCUT2D eigenvalue weighted by molar-refractivity contribution is 6.09. The van der Waals surface area contributed by atoms with Gasteiger partial charge < -0.3 is 14.6 Å². The molecule has 1 aromatic carbocycles. The zero-order valence-corrected chi connectivity index (χ0v) is 13.9. The number of aliphatic hydroxyl groups excluding tert-OH is 1. The zero-order chi connectivity index (χ0) is 17.9. The number of aliphatic hydroxyl groups is 1. The van der Waals surface area contributed by atoms with Crippen molar-refractivity contribution in [3.05, 3.63) is 35.9 Å². The fourth-order valence-electron chi connectivity index (χ4n) is 2.27. The van der Waals surface area contributed by atoms with Crippen molar-refractivity contribution in [2.24, 2.45) is 0 Å². The van der Waals surface area contributed by atoms with E-state index in [0.717, 1.165) is 10.5 Å². The molecule has 1 aromatic rings.